The number of nitrogens with zero attached hydrogens (tertiary/aromatic N) is 1. The zero-order valence-corrected chi connectivity index (χ0v) is 14.2. The number of hydrogen-bond donors (Lipinski definition) is 1. The van der Waals surface area contributed by atoms with Crippen molar-refractivity contribution in [3.05, 3.63) is 54.1 Å². The normalized spacial score (nSPS) is 12.1. The third kappa shape index (κ3) is 3.35. The number of hydrogen-bond acceptors (Lipinski definition) is 3. The maximum atomic E-state index is 14.2. The van der Waals surface area contributed by atoms with Crippen LogP contribution in [0, 0.1) is 11.6 Å². The van der Waals surface area contributed by atoms with Crippen LogP contribution in [0.2, 0.25) is 0 Å². The Bertz CT molecular complexity index is 1040. The summed E-state index contributed by atoms with van der Waals surface area (Å²) in [5.74, 6) is -1.18. The van der Waals surface area contributed by atoms with Gasteiger partial charge in [0.2, 0.25) is 0 Å². The van der Waals surface area contributed by atoms with E-state index in [1.807, 2.05) is 0 Å². The van der Waals surface area contributed by atoms with E-state index in [1.54, 1.807) is 18.4 Å². The first-order chi connectivity index (χ1) is 11.7. The van der Waals surface area contributed by atoms with E-state index >= 15 is 0 Å². The van der Waals surface area contributed by atoms with Crippen LogP contribution >= 0.6 is 0 Å². The molecule has 0 aliphatic rings. The summed E-state index contributed by atoms with van der Waals surface area (Å²) in [6.45, 7) is 3.60. The van der Waals surface area contributed by atoms with Crippen molar-refractivity contribution in [2.45, 2.75) is 24.8 Å². The lowest BCUT2D eigenvalue weighted by atomic mass is 10.2. The van der Waals surface area contributed by atoms with Gasteiger partial charge in [-0.2, -0.15) is 8.42 Å². The first-order valence-electron chi connectivity index (χ1n) is 7.42. The highest BCUT2D eigenvalue weighted by atomic mass is 32.2. The fraction of sp³-hybridized carbons (Fsp3) is 0.176. The maximum Gasteiger partial charge on any atom is 0.297 e. The van der Waals surface area contributed by atoms with Gasteiger partial charge in [-0.05, 0) is 44.2 Å². The van der Waals surface area contributed by atoms with Crippen LogP contribution in [0.1, 0.15) is 13.8 Å². The number of halogens is 2. The molecule has 8 heteroatoms. The quantitative estimate of drug-likeness (QED) is 0.709. The molecule has 0 bridgehead atoms. The molecule has 0 aliphatic carbocycles. The van der Waals surface area contributed by atoms with E-state index in [0.29, 0.717) is 22.5 Å². The van der Waals surface area contributed by atoms with Crippen molar-refractivity contribution in [2.75, 3.05) is 0 Å². The highest BCUT2D eigenvalue weighted by Crippen LogP contribution is 2.33. The molecule has 0 aliphatic heterocycles. The largest absolute Gasteiger partial charge is 0.476 e. The van der Waals surface area contributed by atoms with E-state index < -0.39 is 26.6 Å². The molecular weight excluding hydrogens is 352 g/mol. The Kier molecular flexibility index (Phi) is 4.26. The molecule has 25 heavy (non-hydrogen) atoms. The maximum absolute atomic E-state index is 14.2. The monoisotopic (exact) mass is 367 g/mol. The van der Waals surface area contributed by atoms with Gasteiger partial charge in [-0.15, -0.1) is 0 Å². The summed E-state index contributed by atoms with van der Waals surface area (Å²) in [6, 6.07) is 9.06. The molecule has 132 valence electrons. The highest BCUT2D eigenvalue weighted by molar-refractivity contribution is 7.85. The fourth-order valence-electron chi connectivity index (χ4n) is 2.57. The van der Waals surface area contributed by atoms with Crippen molar-refractivity contribution in [2.24, 2.45) is 0 Å². The third-order valence-corrected chi connectivity index (χ3v) is 4.41. The molecule has 1 heterocycles. The van der Waals surface area contributed by atoms with Crippen LogP contribution in [0.4, 0.5) is 8.78 Å². The Morgan fingerprint density at radius 3 is 2.28 bits per heavy atom. The Morgan fingerprint density at radius 2 is 1.72 bits per heavy atom. The van der Waals surface area contributed by atoms with Gasteiger partial charge in [0.05, 0.1) is 11.6 Å². The van der Waals surface area contributed by atoms with Crippen molar-refractivity contribution in [1.29, 1.82) is 0 Å². The Hall–Kier alpha value is -2.45. The third-order valence-electron chi connectivity index (χ3n) is 3.54. The molecule has 0 unspecified atom stereocenters. The molecule has 0 saturated heterocycles. The van der Waals surface area contributed by atoms with Crippen molar-refractivity contribution >= 4 is 21.0 Å². The van der Waals surface area contributed by atoms with E-state index in [0.717, 1.165) is 12.1 Å². The Balaban J connectivity index is 2.32. The van der Waals surface area contributed by atoms with Gasteiger partial charge >= 0.3 is 0 Å². The van der Waals surface area contributed by atoms with Gasteiger partial charge < -0.3 is 4.74 Å². The van der Waals surface area contributed by atoms with Crippen LogP contribution in [0.25, 0.3) is 16.6 Å². The average Bonchev–Trinajstić information content (AvgIpc) is 2.82. The molecule has 3 aromatic rings. The van der Waals surface area contributed by atoms with Crippen LogP contribution in [0.5, 0.6) is 5.88 Å². The zero-order valence-electron chi connectivity index (χ0n) is 13.4. The van der Waals surface area contributed by atoms with Crippen LogP contribution in [-0.2, 0) is 10.1 Å². The minimum atomic E-state index is -4.70. The molecule has 1 N–H and O–H groups in total. The van der Waals surface area contributed by atoms with Gasteiger partial charge in [0.15, 0.2) is 5.88 Å². The molecule has 0 spiro atoms. The number of benzene rings is 2. The molecule has 0 fully saturated rings. The van der Waals surface area contributed by atoms with Gasteiger partial charge in [-0.1, -0.05) is 0 Å². The zero-order chi connectivity index (χ0) is 18.4. The average molecular weight is 367 g/mol. The molecule has 0 saturated carbocycles. The van der Waals surface area contributed by atoms with E-state index in [-0.39, 0.29) is 6.10 Å². The topological polar surface area (TPSA) is 68.5 Å². The second-order valence-corrected chi connectivity index (χ2v) is 7.17. The summed E-state index contributed by atoms with van der Waals surface area (Å²) in [4.78, 5) is -0.813. The van der Waals surface area contributed by atoms with Crippen molar-refractivity contribution in [1.82, 2.24) is 4.57 Å². The minimum absolute atomic E-state index is 0.200. The molecule has 1 aromatic heterocycles. The van der Waals surface area contributed by atoms with E-state index in [9.17, 15) is 17.2 Å². The van der Waals surface area contributed by atoms with E-state index in [4.69, 9.17) is 9.29 Å². The van der Waals surface area contributed by atoms with Crippen molar-refractivity contribution in [3.63, 3.8) is 0 Å². The lowest BCUT2D eigenvalue weighted by Gasteiger charge is -2.14. The van der Waals surface area contributed by atoms with Gasteiger partial charge in [0.25, 0.3) is 10.1 Å². The van der Waals surface area contributed by atoms with Crippen LogP contribution < -0.4 is 4.74 Å². The summed E-state index contributed by atoms with van der Waals surface area (Å²) < 4.78 is 66.4. The van der Waals surface area contributed by atoms with Gasteiger partial charge in [-0.25, -0.2) is 8.78 Å². The fourth-order valence-corrected chi connectivity index (χ4v) is 3.15. The SMILES string of the molecule is CC(C)Oc1cc2cc(S(=O)(=O)O)c(F)cc2n1-c1ccc(F)cc1. The summed E-state index contributed by atoms with van der Waals surface area (Å²) >= 11 is 0. The second kappa shape index (κ2) is 6.12. The lowest BCUT2D eigenvalue weighted by molar-refractivity contribution is 0.229. The number of fused-ring (bicyclic) bond motifs is 1. The number of ether oxygens (including phenoxy) is 1. The van der Waals surface area contributed by atoms with Crippen LogP contribution in [0.15, 0.2) is 47.4 Å². The van der Waals surface area contributed by atoms with Gasteiger partial charge in [-0.3, -0.25) is 9.12 Å². The first-order valence-corrected chi connectivity index (χ1v) is 8.86. The molecule has 5 nitrogen and oxygen atoms in total. The molecule has 0 radical (unpaired) electrons. The first kappa shape index (κ1) is 17.4. The van der Waals surface area contributed by atoms with Crippen molar-refractivity contribution in [3.8, 4) is 11.6 Å². The second-order valence-electron chi connectivity index (χ2n) is 5.78. The van der Waals surface area contributed by atoms with E-state index in [1.165, 1.54) is 30.3 Å². The highest BCUT2D eigenvalue weighted by Gasteiger charge is 2.21. The van der Waals surface area contributed by atoms with Crippen LogP contribution in [-0.4, -0.2) is 23.6 Å². The predicted molar refractivity (Wildman–Crippen MR) is 88.8 cm³/mol. The van der Waals surface area contributed by atoms with Crippen molar-refractivity contribution < 1.29 is 26.5 Å². The minimum Gasteiger partial charge on any atom is -0.476 e. The van der Waals surface area contributed by atoms with Gasteiger partial charge in [0, 0.05) is 23.2 Å². The number of aromatic nitrogens is 1. The summed E-state index contributed by atoms with van der Waals surface area (Å²) in [7, 11) is -4.70. The molecular formula is C17H15F2NO4S. The summed E-state index contributed by atoms with van der Waals surface area (Å²) in [5.41, 5.74) is 0.846. The Morgan fingerprint density at radius 1 is 1.08 bits per heavy atom. The molecule has 2 aromatic carbocycles. The molecule has 3 rings (SSSR count). The predicted octanol–water partition coefficient (Wildman–Crippen LogP) is 3.94. The standard InChI is InChI=1S/C17H15F2NO4S/c1-10(2)24-17-8-11-7-16(25(21,22)23)14(19)9-15(11)20(17)13-5-3-12(18)4-6-13/h3-10H,1-2H3,(H,21,22,23). The van der Waals surface area contributed by atoms with Crippen LogP contribution in [0.3, 0.4) is 0 Å². The molecule has 0 atom stereocenters. The molecule has 0 amide bonds. The summed E-state index contributed by atoms with van der Waals surface area (Å²) in [6.07, 6.45) is -0.200. The smallest absolute Gasteiger partial charge is 0.297 e. The van der Waals surface area contributed by atoms with Gasteiger partial charge in [0.1, 0.15) is 16.5 Å². The number of rotatable bonds is 4. The summed E-state index contributed by atoms with van der Waals surface area (Å²) in [5, 5.41) is 0.356. The lowest BCUT2D eigenvalue weighted by Crippen LogP contribution is -2.09. The van der Waals surface area contributed by atoms with E-state index in [2.05, 4.69) is 0 Å². The Labute approximate surface area is 143 Å².